The van der Waals surface area contributed by atoms with Gasteiger partial charge < -0.3 is 14.8 Å². The van der Waals surface area contributed by atoms with E-state index in [1.165, 1.54) is 0 Å². The lowest BCUT2D eigenvalue weighted by atomic mass is 9.95. The first-order valence-electron chi connectivity index (χ1n) is 9.12. The molecule has 0 aliphatic carbocycles. The molecule has 0 aliphatic rings. The molecule has 1 heterocycles. The molecule has 0 saturated heterocycles. The zero-order chi connectivity index (χ0) is 19.2. The van der Waals surface area contributed by atoms with Crippen molar-refractivity contribution in [3.63, 3.8) is 0 Å². The third-order valence-electron chi connectivity index (χ3n) is 4.29. The maximum absolute atomic E-state index is 6.33. The molecular weight excluding hydrogens is 330 g/mol. The number of aromatic nitrogens is 4. The monoisotopic (exact) mass is 361 g/mol. The number of rotatable bonds is 10. The second kappa shape index (κ2) is 9.09. The van der Waals surface area contributed by atoms with Gasteiger partial charge in [0.05, 0.1) is 6.04 Å². The van der Waals surface area contributed by atoms with E-state index in [0.29, 0.717) is 6.61 Å². The summed E-state index contributed by atoms with van der Waals surface area (Å²) in [5, 5.41) is 16.0. The van der Waals surface area contributed by atoms with Crippen LogP contribution >= 0.6 is 0 Å². The van der Waals surface area contributed by atoms with Gasteiger partial charge >= 0.3 is 0 Å². The molecule has 2 rings (SSSR count). The summed E-state index contributed by atoms with van der Waals surface area (Å²) < 4.78 is 13.4. The number of nitrogens with zero attached hydrogens (tertiary/aromatic N) is 4. The lowest BCUT2D eigenvalue weighted by molar-refractivity contribution is 0.0507. The Morgan fingerprint density at radius 1 is 1.15 bits per heavy atom. The van der Waals surface area contributed by atoms with Crippen LogP contribution in [0.1, 0.15) is 58.9 Å². The van der Waals surface area contributed by atoms with E-state index >= 15 is 0 Å². The van der Waals surface area contributed by atoms with Gasteiger partial charge in [0.25, 0.3) is 0 Å². The Morgan fingerprint density at radius 2 is 1.85 bits per heavy atom. The second-order valence-corrected chi connectivity index (χ2v) is 7.38. The first-order chi connectivity index (χ1) is 12.3. The summed E-state index contributed by atoms with van der Waals surface area (Å²) in [5.74, 6) is 1.59. The van der Waals surface area contributed by atoms with E-state index in [1.807, 2.05) is 35.0 Å². The highest BCUT2D eigenvalue weighted by Gasteiger charge is 2.38. The number of nitrogens with one attached hydrogen (secondary N) is 1. The van der Waals surface area contributed by atoms with Crippen molar-refractivity contribution < 1.29 is 9.47 Å². The summed E-state index contributed by atoms with van der Waals surface area (Å²) in [4.78, 5) is 0. The zero-order valence-electron chi connectivity index (χ0n) is 16.6. The molecule has 0 aliphatic heterocycles. The molecule has 0 amide bonds. The average molecular weight is 361 g/mol. The number of hydrogen-bond donors (Lipinski definition) is 1. The van der Waals surface area contributed by atoms with Crippen molar-refractivity contribution >= 4 is 0 Å². The van der Waals surface area contributed by atoms with Crippen LogP contribution in [0.4, 0.5) is 0 Å². The summed E-state index contributed by atoms with van der Waals surface area (Å²) >= 11 is 0. The van der Waals surface area contributed by atoms with E-state index in [-0.39, 0.29) is 18.1 Å². The van der Waals surface area contributed by atoms with Gasteiger partial charge in [-0.2, -0.15) is 0 Å². The summed E-state index contributed by atoms with van der Waals surface area (Å²) in [6.07, 6.45) is 0.887. The molecule has 0 spiro atoms. The van der Waals surface area contributed by atoms with E-state index in [4.69, 9.17) is 9.47 Å². The van der Waals surface area contributed by atoms with Crippen LogP contribution in [0.15, 0.2) is 30.3 Å². The standard InChI is InChI=1S/C19H31N5O2/c1-14(2)24-18(21-22-23-24)17(20-15(3)12-13-25-6)19(4,5)26-16-10-8-7-9-11-16/h7-11,14-15,17,20H,12-13H2,1-6H3/t15-,17?/m0/s1. The van der Waals surface area contributed by atoms with E-state index in [0.717, 1.165) is 18.0 Å². The van der Waals surface area contributed by atoms with Gasteiger partial charge in [-0.05, 0) is 63.6 Å². The smallest absolute Gasteiger partial charge is 0.172 e. The minimum absolute atomic E-state index is 0.158. The highest BCUT2D eigenvalue weighted by Crippen LogP contribution is 2.31. The van der Waals surface area contributed by atoms with Crippen LogP contribution < -0.4 is 10.1 Å². The van der Waals surface area contributed by atoms with Gasteiger partial charge in [-0.3, -0.25) is 0 Å². The topological polar surface area (TPSA) is 74.1 Å². The Morgan fingerprint density at radius 3 is 2.46 bits per heavy atom. The van der Waals surface area contributed by atoms with Crippen molar-refractivity contribution in [3.8, 4) is 5.75 Å². The minimum Gasteiger partial charge on any atom is -0.486 e. The molecule has 0 bridgehead atoms. The van der Waals surface area contributed by atoms with Crippen molar-refractivity contribution in [2.75, 3.05) is 13.7 Å². The Labute approximate surface area is 156 Å². The number of para-hydroxylation sites is 1. The van der Waals surface area contributed by atoms with Gasteiger partial charge in [-0.15, -0.1) is 5.10 Å². The molecule has 2 atom stereocenters. The largest absolute Gasteiger partial charge is 0.486 e. The number of tetrazole rings is 1. The molecular formula is C19H31N5O2. The molecule has 26 heavy (non-hydrogen) atoms. The van der Waals surface area contributed by atoms with Gasteiger partial charge in [0.1, 0.15) is 17.4 Å². The molecule has 0 fully saturated rings. The van der Waals surface area contributed by atoms with E-state index in [2.05, 4.69) is 55.5 Å². The number of methoxy groups -OCH3 is 1. The quantitative estimate of drug-likeness (QED) is 0.701. The summed E-state index contributed by atoms with van der Waals surface area (Å²) in [5.41, 5.74) is -0.565. The van der Waals surface area contributed by atoms with E-state index in [1.54, 1.807) is 7.11 Å². The van der Waals surface area contributed by atoms with E-state index < -0.39 is 5.60 Å². The Balaban J connectivity index is 2.30. The molecule has 1 aromatic heterocycles. The fraction of sp³-hybridized carbons (Fsp3) is 0.632. The molecule has 2 aromatic rings. The normalized spacial score (nSPS) is 14.4. The minimum atomic E-state index is -0.565. The fourth-order valence-corrected chi connectivity index (χ4v) is 2.86. The summed E-state index contributed by atoms with van der Waals surface area (Å²) in [6, 6.07) is 10.0. The van der Waals surface area contributed by atoms with Gasteiger partial charge in [0, 0.05) is 19.8 Å². The zero-order valence-corrected chi connectivity index (χ0v) is 16.6. The number of hydrogen-bond acceptors (Lipinski definition) is 6. The SMILES string of the molecule is COCC[C@H](C)NC(c1nnnn1C(C)C)C(C)(C)Oc1ccccc1. The first kappa shape index (κ1) is 20.3. The molecule has 0 radical (unpaired) electrons. The maximum Gasteiger partial charge on any atom is 0.172 e. The highest BCUT2D eigenvalue weighted by atomic mass is 16.5. The molecule has 7 heteroatoms. The van der Waals surface area contributed by atoms with Crippen LogP contribution in [0.2, 0.25) is 0 Å². The van der Waals surface area contributed by atoms with Crippen LogP contribution in [0.3, 0.4) is 0 Å². The lowest BCUT2D eigenvalue weighted by Crippen LogP contribution is -2.48. The van der Waals surface area contributed by atoms with E-state index in [9.17, 15) is 0 Å². The summed E-state index contributed by atoms with van der Waals surface area (Å²) in [7, 11) is 1.71. The Bertz CT molecular complexity index is 657. The second-order valence-electron chi connectivity index (χ2n) is 7.38. The number of benzene rings is 1. The molecule has 144 valence electrons. The van der Waals surface area contributed by atoms with Crippen molar-refractivity contribution in [2.45, 2.75) is 64.8 Å². The third-order valence-corrected chi connectivity index (χ3v) is 4.29. The van der Waals surface area contributed by atoms with Gasteiger partial charge in [-0.25, -0.2) is 4.68 Å². The van der Waals surface area contributed by atoms with Gasteiger partial charge in [0.15, 0.2) is 5.82 Å². The Kier molecular flexibility index (Phi) is 7.11. The summed E-state index contributed by atoms with van der Waals surface area (Å²) in [6.45, 7) is 11.1. The third kappa shape index (κ3) is 5.25. The molecule has 0 saturated carbocycles. The van der Waals surface area contributed by atoms with Gasteiger partial charge in [-0.1, -0.05) is 18.2 Å². The highest BCUT2D eigenvalue weighted by molar-refractivity contribution is 5.22. The van der Waals surface area contributed by atoms with Crippen LogP contribution in [0.25, 0.3) is 0 Å². The molecule has 7 nitrogen and oxygen atoms in total. The van der Waals surface area contributed by atoms with Gasteiger partial charge in [0.2, 0.25) is 0 Å². The number of ether oxygens (including phenoxy) is 2. The first-order valence-corrected chi connectivity index (χ1v) is 9.12. The van der Waals surface area contributed by atoms with Crippen LogP contribution in [0, 0.1) is 0 Å². The molecule has 1 unspecified atom stereocenters. The Hall–Kier alpha value is -1.99. The van der Waals surface area contributed by atoms with Crippen molar-refractivity contribution in [1.82, 2.24) is 25.5 Å². The van der Waals surface area contributed by atoms with Crippen LogP contribution in [0.5, 0.6) is 5.75 Å². The van der Waals surface area contributed by atoms with Crippen LogP contribution in [-0.4, -0.2) is 45.6 Å². The van der Waals surface area contributed by atoms with Crippen molar-refractivity contribution in [3.05, 3.63) is 36.2 Å². The molecule has 1 aromatic carbocycles. The van der Waals surface area contributed by atoms with Crippen molar-refractivity contribution in [1.29, 1.82) is 0 Å². The lowest BCUT2D eigenvalue weighted by Gasteiger charge is -2.36. The molecule has 1 N–H and O–H groups in total. The van der Waals surface area contributed by atoms with Crippen molar-refractivity contribution in [2.24, 2.45) is 0 Å². The van der Waals surface area contributed by atoms with Crippen LogP contribution in [-0.2, 0) is 4.74 Å². The maximum atomic E-state index is 6.33. The fourth-order valence-electron chi connectivity index (χ4n) is 2.86. The predicted octanol–water partition coefficient (Wildman–Crippen LogP) is 3.17. The predicted molar refractivity (Wildman–Crippen MR) is 101 cm³/mol. The average Bonchev–Trinajstić information content (AvgIpc) is 3.07.